The van der Waals surface area contributed by atoms with Crippen LogP contribution < -0.4 is 10.4 Å². The zero-order valence-electron chi connectivity index (χ0n) is 18.3. The Kier molecular flexibility index (Phi) is 5.21. The van der Waals surface area contributed by atoms with Crippen LogP contribution in [0.25, 0.3) is 11.0 Å². The molecule has 32 heavy (non-hydrogen) atoms. The van der Waals surface area contributed by atoms with Crippen LogP contribution in [0.4, 0.5) is 0 Å². The molecule has 0 aliphatic heterocycles. The zero-order chi connectivity index (χ0) is 23.5. The Morgan fingerprint density at radius 1 is 1.25 bits per heavy atom. The number of fused-ring (bicyclic) bond motifs is 3. The van der Waals surface area contributed by atoms with E-state index < -0.39 is 38.2 Å². The Morgan fingerprint density at radius 2 is 1.97 bits per heavy atom. The van der Waals surface area contributed by atoms with Gasteiger partial charge in [0.25, 0.3) is 16.0 Å². The van der Waals surface area contributed by atoms with Crippen molar-refractivity contribution in [2.24, 2.45) is 16.7 Å². The summed E-state index contributed by atoms with van der Waals surface area (Å²) in [6.07, 6.45) is 1.62. The van der Waals surface area contributed by atoms with Crippen LogP contribution in [0.15, 0.2) is 33.5 Å². The highest BCUT2D eigenvalue weighted by molar-refractivity contribution is 7.86. The van der Waals surface area contributed by atoms with Crippen LogP contribution in [0.2, 0.25) is 0 Å². The average molecular weight is 464 g/mol. The minimum absolute atomic E-state index is 0.0782. The van der Waals surface area contributed by atoms with Gasteiger partial charge in [-0.15, -0.1) is 4.28 Å². The second-order valence-electron chi connectivity index (χ2n) is 9.10. The van der Waals surface area contributed by atoms with Crippen molar-refractivity contribution in [3.05, 3.63) is 40.2 Å². The summed E-state index contributed by atoms with van der Waals surface area (Å²) >= 11 is 0. The van der Waals surface area contributed by atoms with Gasteiger partial charge >= 0.3 is 5.63 Å². The van der Waals surface area contributed by atoms with Crippen molar-refractivity contribution < 1.29 is 31.4 Å². The Morgan fingerprint density at radius 3 is 2.56 bits per heavy atom. The third-order valence-electron chi connectivity index (χ3n) is 7.25. The molecule has 1 amide bonds. The number of methoxy groups -OCH3 is 1. The molecule has 2 fully saturated rings. The first kappa shape index (κ1) is 22.5. The largest absolute Gasteiger partial charge is 0.497 e. The van der Waals surface area contributed by atoms with E-state index in [4.69, 9.17) is 13.4 Å². The molecule has 9 nitrogen and oxygen atoms in total. The quantitative estimate of drug-likeness (QED) is 0.473. The summed E-state index contributed by atoms with van der Waals surface area (Å²) in [5.74, 6) is -0.939. The van der Waals surface area contributed by atoms with Crippen molar-refractivity contribution in [2.45, 2.75) is 33.1 Å². The van der Waals surface area contributed by atoms with Gasteiger partial charge in [-0.05, 0) is 42.4 Å². The smallest absolute Gasteiger partial charge is 0.349 e. The van der Waals surface area contributed by atoms with Gasteiger partial charge in [0, 0.05) is 24.9 Å². The van der Waals surface area contributed by atoms with Gasteiger partial charge in [-0.2, -0.15) is 8.42 Å². The van der Waals surface area contributed by atoms with Crippen LogP contribution in [-0.4, -0.2) is 45.1 Å². The molecule has 2 bridgehead atoms. The van der Waals surface area contributed by atoms with Gasteiger partial charge in [0.05, 0.1) is 18.3 Å². The molecule has 2 aliphatic rings. The summed E-state index contributed by atoms with van der Waals surface area (Å²) in [6.45, 7) is 3.82. The summed E-state index contributed by atoms with van der Waals surface area (Å²) in [7, 11) is -1.72. The summed E-state index contributed by atoms with van der Waals surface area (Å²) < 4.78 is 40.9. The molecule has 1 heterocycles. The fourth-order valence-corrected chi connectivity index (χ4v) is 6.92. The highest BCUT2D eigenvalue weighted by atomic mass is 32.2. The van der Waals surface area contributed by atoms with E-state index in [2.05, 4.69) is 0 Å². The summed E-state index contributed by atoms with van der Waals surface area (Å²) in [4.78, 5) is 37.8. The van der Waals surface area contributed by atoms with E-state index in [-0.39, 0.29) is 22.8 Å². The molecular formula is C22H25NO8S. The fraction of sp³-hybridized carbons (Fsp3) is 0.500. The first-order valence-corrected chi connectivity index (χ1v) is 11.8. The topological polar surface area (TPSA) is 120 Å². The van der Waals surface area contributed by atoms with E-state index in [9.17, 15) is 22.8 Å². The van der Waals surface area contributed by atoms with Gasteiger partial charge < -0.3 is 9.15 Å². The number of ketones is 1. The molecule has 2 atom stereocenters. The van der Waals surface area contributed by atoms with Crippen LogP contribution in [0.5, 0.6) is 5.75 Å². The van der Waals surface area contributed by atoms with E-state index in [0.29, 0.717) is 29.0 Å². The Bertz CT molecular complexity index is 1280. The number of rotatable bonds is 6. The third kappa shape index (κ3) is 3.41. The van der Waals surface area contributed by atoms with Crippen molar-refractivity contribution in [2.75, 3.05) is 19.9 Å². The first-order valence-electron chi connectivity index (χ1n) is 10.3. The summed E-state index contributed by atoms with van der Waals surface area (Å²) in [5, 5.41) is 0.950. The molecule has 10 heteroatoms. The van der Waals surface area contributed by atoms with E-state index >= 15 is 0 Å². The van der Waals surface area contributed by atoms with Gasteiger partial charge in [-0.1, -0.05) is 13.8 Å². The van der Waals surface area contributed by atoms with Crippen LogP contribution in [0, 0.1) is 16.7 Å². The maximum Gasteiger partial charge on any atom is 0.349 e. The maximum atomic E-state index is 12.8. The monoisotopic (exact) mass is 463 g/mol. The number of Topliss-reactive ketones (excluding diaryl/α,β-unsaturated/α-hetero) is 1. The lowest BCUT2D eigenvalue weighted by Gasteiger charge is -2.36. The molecule has 0 saturated heterocycles. The van der Waals surface area contributed by atoms with Gasteiger partial charge in [-0.25, -0.2) is 9.86 Å². The number of carbonyl (C=O) groups excluding carboxylic acids is 2. The number of benzene rings is 1. The standard InChI is InChI=1S/C22H25NO8S/c1-21(2)14-7-8-22(21,18(24)10-14)12-32(27,28)31-23(3)19(25)16-9-13-5-6-15(29-4)11-17(13)30-20(16)26/h5-6,9,11,14H,7-8,10,12H2,1-4H3. The van der Waals surface area contributed by atoms with Crippen molar-refractivity contribution in [1.82, 2.24) is 5.06 Å². The molecule has 1 aromatic carbocycles. The van der Waals surface area contributed by atoms with E-state index in [0.717, 1.165) is 13.5 Å². The van der Waals surface area contributed by atoms with E-state index in [1.54, 1.807) is 12.1 Å². The third-order valence-corrected chi connectivity index (χ3v) is 8.54. The zero-order valence-corrected chi connectivity index (χ0v) is 19.2. The molecule has 1 aromatic heterocycles. The molecule has 0 spiro atoms. The molecule has 2 saturated carbocycles. The van der Waals surface area contributed by atoms with Crippen molar-refractivity contribution >= 4 is 32.8 Å². The number of hydroxylamine groups is 2. The van der Waals surface area contributed by atoms with E-state index in [1.807, 2.05) is 13.8 Å². The highest BCUT2D eigenvalue weighted by Crippen LogP contribution is 2.64. The number of nitrogens with zero attached hydrogens (tertiary/aromatic N) is 1. The Labute approximate surface area is 185 Å². The first-order chi connectivity index (χ1) is 14.9. The van der Waals surface area contributed by atoms with Crippen molar-refractivity contribution in [1.29, 1.82) is 0 Å². The van der Waals surface area contributed by atoms with Crippen LogP contribution in [0.3, 0.4) is 0 Å². The van der Waals surface area contributed by atoms with E-state index in [1.165, 1.54) is 19.2 Å². The lowest BCUT2D eigenvalue weighted by atomic mass is 9.70. The number of amides is 1. The molecule has 2 aromatic rings. The lowest BCUT2D eigenvalue weighted by molar-refractivity contribution is -0.128. The molecule has 0 radical (unpaired) electrons. The molecule has 0 N–H and O–H groups in total. The second-order valence-corrected chi connectivity index (χ2v) is 10.7. The molecule has 4 rings (SSSR count). The highest BCUT2D eigenvalue weighted by Gasteiger charge is 2.65. The average Bonchev–Trinajstić information content (AvgIpc) is 3.05. The van der Waals surface area contributed by atoms with Gasteiger partial charge in [0.15, 0.2) is 0 Å². The molecule has 2 aliphatic carbocycles. The van der Waals surface area contributed by atoms with Crippen LogP contribution in [-0.2, 0) is 19.2 Å². The number of ether oxygens (including phenoxy) is 1. The number of hydrogen-bond donors (Lipinski definition) is 0. The number of carbonyl (C=O) groups is 2. The van der Waals surface area contributed by atoms with Crippen molar-refractivity contribution in [3.8, 4) is 5.75 Å². The second kappa shape index (κ2) is 7.41. The predicted molar refractivity (Wildman–Crippen MR) is 115 cm³/mol. The fourth-order valence-electron chi connectivity index (χ4n) is 5.18. The summed E-state index contributed by atoms with van der Waals surface area (Å²) in [5.41, 5.74) is -2.59. The predicted octanol–water partition coefficient (Wildman–Crippen LogP) is 2.53. The van der Waals surface area contributed by atoms with Gasteiger partial charge in [0.2, 0.25) is 0 Å². The molecule has 2 unspecified atom stereocenters. The minimum atomic E-state index is -4.29. The lowest BCUT2D eigenvalue weighted by Crippen LogP contribution is -2.44. The minimum Gasteiger partial charge on any atom is -0.497 e. The Hall–Kier alpha value is -2.72. The van der Waals surface area contributed by atoms with Gasteiger partial charge in [0.1, 0.15) is 22.7 Å². The normalized spacial score (nSPS) is 24.1. The SMILES string of the molecule is COc1ccc2cc(C(=O)N(C)OS(=O)(=O)CC34CCC(CC3=O)C4(C)C)c(=O)oc2c1. The molecular weight excluding hydrogens is 438 g/mol. The van der Waals surface area contributed by atoms with Crippen LogP contribution in [0.1, 0.15) is 43.5 Å². The Balaban J connectivity index is 1.56. The number of hydrogen-bond acceptors (Lipinski definition) is 8. The maximum absolute atomic E-state index is 12.8. The molecule has 172 valence electrons. The van der Waals surface area contributed by atoms with Crippen molar-refractivity contribution in [3.63, 3.8) is 0 Å². The van der Waals surface area contributed by atoms with Crippen LogP contribution >= 0.6 is 0 Å². The van der Waals surface area contributed by atoms with Gasteiger partial charge in [-0.3, -0.25) is 9.59 Å². The summed E-state index contributed by atoms with van der Waals surface area (Å²) in [6, 6.07) is 6.05.